The Hall–Kier alpha value is -1.30. The first-order valence-corrected chi connectivity index (χ1v) is 11.5. The quantitative estimate of drug-likeness (QED) is 0.595. The van der Waals surface area contributed by atoms with Crippen LogP contribution >= 0.6 is 27.7 Å². The van der Waals surface area contributed by atoms with E-state index in [1.54, 1.807) is 11.8 Å². The standard InChI is InChI=1S/C23H26BrNO2S/c1-16-7-6-10-25(13-16)14-23(28-18-8-4-3-5-9-18)15-27-21-11-17(2)20(24)12-19(21)22(23)26/h3-5,8-9,11-12,16H,6-7,10,13-15H2,1-2H3. The largest absolute Gasteiger partial charge is 0.491 e. The van der Waals surface area contributed by atoms with Gasteiger partial charge in [0.1, 0.15) is 17.1 Å². The van der Waals surface area contributed by atoms with Gasteiger partial charge in [-0.25, -0.2) is 0 Å². The lowest BCUT2D eigenvalue weighted by molar-refractivity contribution is 0.0786. The van der Waals surface area contributed by atoms with E-state index in [0.29, 0.717) is 23.8 Å². The van der Waals surface area contributed by atoms with Crippen molar-refractivity contribution in [3.63, 3.8) is 0 Å². The van der Waals surface area contributed by atoms with Gasteiger partial charge in [0.05, 0.1) is 5.56 Å². The van der Waals surface area contributed by atoms with Gasteiger partial charge in [-0.1, -0.05) is 41.1 Å². The number of hydrogen-bond acceptors (Lipinski definition) is 4. The maximum absolute atomic E-state index is 13.8. The molecule has 0 N–H and O–H groups in total. The summed E-state index contributed by atoms with van der Waals surface area (Å²) in [6.07, 6.45) is 2.47. The molecule has 0 aromatic heterocycles. The van der Waals surface area contributed by atoms with Crippen LogP contribution in [0.15, 0.2) is 51.8 Å². The third-order valence-electron chi connectivity index (χ3n) is 5.66. The van der Waals surface area contributed by atoms with Crippen molar-refractivity contribution in [1.82, 2.24) is 4.90 Å². The van der Waals surface area contributed by atoms with Crippen molar-refractivity contribution in [2.75, 3.05) is 26.2 Å². The number of Topliss-reactive ketones (excluding diaryl/α,β-unsaturated/α-hetero) is 1. The lowest BCUT2D eigenvalue weighted by Crippen LogP contribution is -2.54. The molecule has 5 heteroatoms. The summed E-state index contributed by atoms with van der Waals surface area (Å²) in [6.45, 7) is 7.56. The topological polar surface area (TPSA) is 29.5 Å². The number of nitrogens with zero attached hydrogens (tertiary/aromatic N) is 1. The van der Waals surface area contributed by atoms with Crippen LogP contribution in [0, 0.1) is 12.8 Å². The van der Waals surface area contributed by atoms with E-state index >= 15 is 0 Å². The summed E-state index contributed by atoms with van der Waals surface area (Å²) in [4.78, 5) is 17.4. The van der Waals surface area contributed by atoms with E-state index in [9.17, 15) is 4.79 Å². The Kier molecular flexibility index (Phi) is 5.86. The molecule has 0 aliphatic carbocycles. The number of ether oxygens (including phenoxy) is 1. The van der Waals surface area contributed by atoms with Crippen molar-refractivity contribution in [2.45, 2.75) is 36.3 Å². The number of ketones is 1. The highest BCUT2D eigenvalue weighted by Gasteiger charge is 2.47. The third-order valence-corrected chi connectivity index (χ3v) is 7.84. The molecule has 2 atom stereocenters. The first-order valence-electron chi connectivity index (χ1n) is 9.91. The zero-order valence-electron chi connectivity index (χ0n) is 16.4. The molecule has 0 bridgehead atoms. The smallest absolute Gasteiger partial charge is 0.187 e. The Labute approximate surface area is 180 Å². The molecule has 2 aromatic rings. The van der Waals surface area contributed by atoms with E-state index in [1.165, 1.54) is 12.8 Å². The minimum absolute atomic E-state index is 0.182. The molecule has 148 valence electrons. The number of hydrogen-bond donors (Lipinski definition) is 0. The van der Waals surface area contributed by atoms with Gasteiger partial charge in [0.15, 0.2) is 5.78 Å². The number of aryl methyl sites for hydroxylation is 1. The van der Waals surface area contributed by atoms with Crippen LogP contribution in [0.3, 0.4) is 0 Å². The van der Waals surface area contributed by atoms with Crippen LogP contribution in [0.2, 0.25) is 0 Å². The van der Waals surface area contributed by atoms with Crippen molar-refractivity contribution in [1.29, 1.82) is 0 Å². The lowest BCUT2D eigenvalue weighted by atomic mass is 9.91. The highest BCUT2D eigenvalue weighted by atomic mass is 79.9. The van der Waals surface area contributed by atoms with Crippen LogP contribution < -0.4 is 4.74 Å². The van der Waals surface area contributed by atoms with Gasteiger partial charge in [0.2, 0.25) is 0 Å². The van der Waals surface area contributed by atoms with E-state index in [1.807, 2.05) is 37.3 Å². The molecule has 1 saturated heterocycles. The van der Waals surface area contributed by atoms with Gasteiger partial charge in [-0.15, -0.1) is 11.8 Å². The average molecular weight is 460 g/mol. The predicted octanol–water partition coefficient (Wildman–Crippen LogP) is 5.60. The Morgan fingerprint density at radius 1 is 1.29 bits per heavy atom. The molecule has 0 radical (unpaired) electrons. The fourth-order valence-corrected chi connectivity index (χ4v) is 5.84. The highest BCUT2D eigenvalue weighted by Crippen LogP contribution is 2.43. The van der Waals surface area contributed by atoms with Crippen molar-refractivity contribution in [3.05, 3.63) is 58.1 Å². The molecule has 2 aromatic carbocycles. The Bertz CT molecular complexity index is 872. The molecule has 1 fully saturated rings. The number of likely N-dealkylation sites (tertiary alicyclic amines) is 1. The average Bonchev–Trinajstić information content (AvgIpc) is 2.68. The number of carbonyl (C=O) groups excluding carboxylic acids is 1. The van der Waals surface area contributed by atoms with Gasteiger partial charge in [-0.05, 0) is 62.1 Å². The van der Waals surface area contributed by atoms with Crippen LogP contribution in [0.1, 0.15) is 35.7 Å². The number of halogens is 1. The number of fused-ring (bicyclic) bond motifs is 1. The molecular formula is C23H26BrNO2S. The fourth-order valence-electron chi connectivity index (χ4n) is 4.19. The van der Waals surface area contributed by atoms with Crippen molar-refractivity contribution in [2.24, 2.45) is 5.92 Å². The number of thioether (sulfide) groups is 1. The summed E-state index contributed by atoms with van der Waals surface area (Å²) >= 11 is 5.24. The second-order valence-corrected chi connectivity index (χ2v) is 10.4. The van der Waals surface area contributed by atoms with Crippen molar-refractivity contribution >= 4 is 33.5 Å². The highest BCUT2D eigenvalue weighted by molar-refractivity contribution is 9.10. The number of carbonyl (C=O) groups is 1. The summed E-state index contributed by atoms with van der Waals surface area (Å²) in [7, 11) is 0. The van der Waals surface area contributed by atoms with E-state index in [-0.39, 0.29) is 5.78 Å². The number of rotatable bonds is 4. The van der Waals surface area contributed by atoms with Crippen LogP contribution in [0.5, 0.6) is 5.75 Å². The van der Waals surface area contributed by atoms with E-state index in [2.05, 4.69) is 39.9 Å². The van der Waals surface area contributed by atoms with Crippen molar-refractivity contribution < 1.29 is 9.53 Å². The summed E-state index contributed by atoms with van der Waals surface area (Å²) in [5, 5.41) is 0. The van der Waals surface area contributed by atoms with Crippen molar-refractivity contribution in [3.8, 4) is 5.75 Å². The summed E-state index contributed by atoms with van der Waals surface area (Å²) in [5.74, 6) is 1.57. The molecule has 2 heterocycles. The molecule has 28 heavy (non-hydrogen) atoms. The van der Waals surface area contributed by atoms with Crippen LogP contribution in [0.25, 0.3) is 0 Å². The molecular weight excluding hydrogens is 434 g/mol. The van der Waals surface area contributed by atoms with Crippen LogP contribution in [0.4, 0.5) is 0 Å². The molecule has 2 unspecified atom stereocenters. The zero-order chi connectivity index (χ0) is 19.7. The third kappa shape index (κ3) is 4.03. The van der Waals surface area contributed by atoms with Crippen LogP contribution in [-0.4, -0.2) is 41.7 Å². The zero-order valence-corrected chi connectivity index (χ0v) is 18.8. The molecule has 4 rings (SSSR count). The summed E-state index contributed by atoms with van der Waals surface area (Å²) in [6, 6.07) is 14.1. The molecule has 0 spiro atoms. The first kappa shape index (κ1) is 20.0. The molecule has 0 amide bonds. The monoisotopic (exact) mass is 459 g/mol. The van der Waals surface area contributed by atoms with Gasteiger partial charge in [-0.2, -0.15) is 0 Å². The maximum Gasteiger partial charge on any atom is 0.187 e. The summed E-state index contributed by atoms with van der Waals surface area (Å²) in [5.41, 5.74) is 1.77. The molecule has 0 saturated carbocycles. The van der Waals surface area contributed by atoms with Gasteiger partial charge < -0.3 is 9.64 Å². The van der Waals surface area contributed by atoms with Gasteiger partial charge >= 0.3 is 0 Å². The van der Waals surface area contributed by atoms with Gasteiger partial charge in [-0.3, -0.25) is 4.79 Å². The van der Waals surface area contributed by atoms with E-state index in [4.69, 9.17) is 4.74 Å². The summed E-state index contributed by atoms with van der Waals surface area (Å²) < 4.78 is 6.53. The van der Waals surface area contributed by atoms with E-state index < -0.39 is 4.75 Å². The Morgan fingerprint density at radius 3 is 2.82 bits per heavy atom. The number of benzene rings is 2. The SMILES string of the molecule is Cc1cc2c(cc1Br)C(=O)C(CN1CCCC(C)C1)(Sc1ccccc1)CO2. The minimum atomic E-state index is -0.625. The van der Waals surface area contributed by atoms with Crippen LogP contribution in [-0.2, 0) is 0 Å². The lowest BCUT2D eigenvalue weighted by Gasteiger charge is -2.41. The van der Waals surface area contributed by atoms with Gasteiger partial charge in [0, 0.05) is 22.5 Å². The minimum Gasteiger partial charge on any atom is -0.491 e. The Morgan fingerprint density at radius 2 is 2.07 bits per heavy atom. The normalized spacial score (nSPS) is 25.2. The predicted molar refractivity (Wildman–Crippen MR) is 119 cm³/mol. The Balaban J connectivity index is 1.70. The fraction of sp³-hybridized carbons (Fsp3) is 0.435. The molecule has 3 nitrogen and oxygen atoms in total. The second kappa shape index (κ2) is 8.21. The first-order chi connectivity index (χ1) is 13.5. The van der Waals surface area contributed by atoms with Gasteiger partial charge in [0.25, 0.3) is 0 Å². The molecule has 2 aliphatic rings. The number of piperidine rings is 1. The second-order valence-electron chi connectivity index (χ2n) is 8.11. The maximum atomic E-state index is 13.8. The molecule has 2 aliphatic heterocycles. The van der Waals surface area contributed by atoms with E-state index in [0.717, 1.165) is 34.6 Å².